The fraction of sp³-hybridized carbons (Fsp3) is 0.0577. The lowest BCUT2D eigenvalue weighted by Gasteiger charge is -2.24. The van der Waals surface area contributed by atoms with E-state index in [1.54, 1.807) is 0 Å². The third-order valence-corrected chi connectivity index (χ3v) is 10.5. The molecule has 7 aromatic rings. The Kier molecular flexibility index (Phi) is 9.44. The van der Waals surface area contributed by atoms with E-state index < -0.39 is 0 Å². The second kappa shape index (κ2) is 15.3. The molecule has 2 aliphatic rings. The molecule has 4 heteroatoms. The average Bonchev–Trinajstić information content (AvgIpc) is 3.28. The molecule has 0 amide bonds. The molecule has 0 bridgehead atoms. The van der Waals surface area contributed by atoms with Crippen molar-refractivity contribution >= 4 is 50.6 Å². The Morgan fingerprint density at radius 3 is 2.12 bits per heavy atom. The standard InChI is InChI=1S/C52H40N4/c1-3-36(29-35(2)48-34-40-21-10-11-24-45(40)46-25-12-13-26-47(46)48)42-31-43(39-22-16-23-41(30-39)49-27-14-15-28-53-49)33-44(32-42)52-55-50(37-17-6-4-7-18-37)54-51(56-52)38-19-8-5-9-20-38/h3-26,28-34,49-50H,1-2,27H2,(H,54,55,56)/b36-29+. The van der Waals surface area contributed by atoms with Gasteiger partial charge in [0.1, 0.15) is 12.0 Å². The minimum absolute atomic E-state index is 0.0878. The van der Waals surface area contributed by atoms with Gasteiger partial charge in [-0.15, -0.1) is 0 Å². The van der Waals surface area contributed by atoms with Crippen molar-refractivity contribution in [3.63, 3.8) is 0 Å². The Balaban J connectivity index is 1.21. The molecule has 56 heavy (non-hydrogen) atoms. The van der Waals surface area contributed by atoms with Gasteiger partial charge in [-0.3, -0.25) is 4.99 Å². The number of dihydropyridines is 1. The molecule has 2 atom stereocenters. The van der Waals surface area contributed by atoms with E-state index in [4.69, 9.17) is 15.0 Å². The fourth-order valence-corrected chi connectivity index (χ4v) is 7.69. The van der Waals surface area contributed by atoms with E-state index in [-0.39, 0.29) is 12.2 Å². The first-order chi connectivity index (χ1) is 27.6. The summed E-state index contributed by atoms with van der Waals surface area (Å²) in [6, 6.07) is 55.4. The molecule has 1 N–H and O–H groups in total. The van der Waals surface area contributed by atoms with Gasteiger partial charge in [-0.2, -0.15) is 0 Å². The van der Waals surface area contributed by atoms with Crippen LogP contribution in [0.1, 0.15) is 52.0 Å². The van der Waals surface area contributed by atoms with Crippen LogP contribution in [0.2, 0.25) is 0 Å². The molecule has 2 aliphatic heterocycles. The Hall–Kier alpha value is -7.17. The lowest BCUT2D eigenvalue weighted by Crippen LogP contribution is -2.33. The zero-order valence-electron chi connectivity index (χ0n) is 31.0. The Morgan fingerprint density at radius 1 is 0.643 bits per heavy atom. The molecule has 4 nitrogen and oxygen atoms in total. The molecular formula is C52H40N4. The van der Waals surface area contributed by atoms with E-state index in [9.17, 15) is 0 Å². The predicted octanol–water partition coefficient (Wildman–Crippen LogP) is 12.5. The molecule has 0 aliphatic carbocycles. The van der Waals surface area contributed by atoms with Gasteiger partial charge in [-0.1, -0.05) is 153 Å². The molecule has 0 spiro atoms. The second-order valence-corrected chi connectivity index (χ2v) is 14.2. The largest absolute Gasteiger partial charge is 0.344 e. The highest BCUT2D eigenvalue weighted by molar-refractivity contribution is 6.14. The maximum absolute atomic E-state index is 5.25. The number of benzene rings is 7. The van der Waals surface area contributed by atoms with E-state index >= 15 is 0 Å². The summed E-state index contributed by atoms with van der Waals surface area (Å²) < 4.78 is 0. The number of nitrogens with zero attached hydrogens (tertiary/aromatic N) is 3. The van der Waals surface area contributed by atoms with Crippen molar-refractivity contribution in [1.29, 1.82) is 0 Å². The van der Waals surface area contributed by atoms with Gasteiger partial charge in [0.15, 0.2) is 5.84 Å². The summed E-state index contributed by atoms with van der Waals surface area (Å²) in [5, 5.41) is 8.39. The summed E-state index contributed by atoms with van der Waals surface area (Å²) in [5.41, 5.74) is 10.2. The van der Waals surface area contributed by atoms with Gasteiger partial charge in [0, 0.05) is 17.3 Å². The quantitative estimate of drug-likeness (QED) is 0.117. The third kappa shape index (κ3) is 6.97. The SMILES string of the molecule is C=C/C(=C\C(=C)c1cc2ccccc2c2ccccc12)c1cc(C2=NC(c3ccccc3)NC(c3ccccc3)=N2)cc(-c2cccc(C3CC=CC=N3)c2)c1. The van der Waals surface area contributed by atoms with Crippen LogP contribution in [-0.2, 0) is 0 Å². The summed E-state index contributed by atoms with van der Waals surface area (Å²) >= 11 is 0. The third-order valence-electron chi connectivity index (χ3n) is 10.5. The highest BCUT2D eigenvalue weighted by Gasteiger charge is 2.22. The van der Waals surface area contributed by atoms with Gasteiger partial charge < -0.3 is 5.32 Å². The summed E-state index contributed by atoms with van der Waals surface area (Å²) in [4.78, 5) is 15.2. The maximum atomic E-state index is 5.25. The highest BCUT2D eigenvalue weighted by Crippen LogP contribution is 2.36. The van der Waals surface area contributed by atoms with Crippen LogP contribution in [0.25, 0.3) is 43.8 Å². The van der Waals surface area contributed by atoms with E-state index in [1.807, 2.05) is 54.8 Å². The van der Waals surface area contributed by atoms with E-state index in [0.717, 1.165) is 62.3 Å². The summed E-state index contributed by atoms with van der Waals surface area (Å²) in [6.45, 7) is 8.96. The van der Waals surface area contributed by atoms with Crippen molar-refractivity contribution < 1.29 is 0 Å². The number of amidine groups is 2. The van der Waals surface area contributed by atoms with E-state index in [1.165, 1.54) is 27.1 Å². The van der Waals surface area contributed by atoms with Crippen LogP contribution < -0.4 is 5.32 Å². The van der Waals surface area contributed by atoms with E-state index in [0.29, 0.717) is 5.84 Å². The number of hydrogen-bond acceptors (Lipinski definition) is 4. The molecular weight excluding hydrogens is 681 g/mol. The fourth-order valence-electron chi connectivity index (χ4n) is 7.69. The molecule has 0 aromatic heterocycles. The maximum Gasteiger partial charge on any atom is 0.159 e. The highest BCUT2D eigenvalue weighted by atomic mass is 15.2. The van der Waals surface area contributed by atoms with Crippen molar-refractivity contribution in [1.82, 2.24) is 5.32 Å². The molecule has 0 radical (unpaired) electrons. The van der Waals surface area contributed by atoms with Gasteiger partial charge >= 0.3 is 0 Å². The van der Waals surface area contributed by atoms with Crippen molar-refractivity contribution in [2.75, 3.05) is 0 Å². The molecule has 2 unspecified atom stereocenters. The van der Waals surface area contributed by atoms with Crippen molar-refractivity contribution in [2.45, 2.75) is 18.6 Å². The lowest BCUT2D eigenvalue weighted by molar-refractivity contribution is 0.674. The van der Waals surface area contributed by atoms with Crippen LogP contribution >= 0.6 is 0 Å². The molecule has 2 heterocycles. The average molecular weight is 721 g/mol. The smallest absolute Gasteiger partial charge is 0.159 e. The van der Waals surface area contributed by atoms with E-state index in [2.05, 4.69) is 152 Å². The minimum Gasteiger partial charge on any atom is -0.344 e. The molecule has 0 fully saturated rings. The van der Waals surface area contributed by atoms with Crippen LogP contribution in [0.5, 0.6) is 0 Å². The van der Waals surface area contributed by atoms with Crippen LogP contribution in [0.4, 0.5) is 0 Å². The van der Waals surface area contributed by atoms with Crippen LogP contribution in [0.15, 0.2) is 210 Å². The Morgan fingerprint density at radius 2 is 1.34 bits per heavy atom. The first kappa shape index (κ1) is 34.6. The first-order valence-electron chi connectivity index (χ1n) is 19.0. The van der Waals surface area contributed by atoms with Crippen LogP contribution in [0, 0.1) is 0 Å². The second-order valence-electron chi connectivity index (χ2n) is 14.2. The zero-order chi connectivity index (χ0) is 37.8. The van der Waals surface area contributed by atoms with Gasteiger partial charge in [0.25, 0.3) is 0 Å². The minimum atomic E-state index is -0.318. The van der Waals surface area contributed by atoms with Gasteiger partial charge in [0.05, 0.1) is 6.04 Å². The van der Waals surface area contributed by atoms with Gasteiger partial charge in [-0.25, -0.2) is 9.98 Å². The van der Waals surface area contributed by atoms with Crippen molar-refractivity contribution in [3.8, 4) is 11.1 Å². The molecule has 7 aromatic carbocycles. The normalized spacial score (nSPS) is 16.6. The molecule has 9 rings (SSSR count). The summed E-state index contributed by atoms with van der Waals surface area (Å²) in [5.74, 6) is 1.43. The predicted molar refractivity (Wildman–Crippen MR) is 237 cm³/mol. The topological polar surface area (TPSA) is 49.1 Å². The number of nitrogens with one attached hydrogen (secondary N) is 1. The monoisotopic (exact) mass is 720 g/mol. The molecule has 0 saturated heterocycles. The lowest BCUT2D eigenvalue weighted by atomic mass is 9.90. The van der Waals surface area contributed by atoms with Crippen molar-refractivity contribution in [2.24, 2.45) is 15.0 Å². The number of aliphatic imine (C=N–C) groups is 3. The molecule has 0 saturated carbocycles. The first-order valence-corrected chi connectivity index (χ1v) is 19.0. The van der Waals surface area contributed by atoms with Gasteiger partial charge in [-0.05, 0) is 115 Å². The Labute approximate surface area is 328 Å². The number of hydrogen-bond donors (Lipinski definition) is 1. The van der Waals surface area contributed by atoms with Crippen LogP contribution in [0.3, 0.4) is 0 Å². The van der Waals surface area contributed by atoms with Crippen LogP contribution in [-0.4, -0.2) is 17.9 Å². The number of allylic oxidation sites excluding steroid dienone is 5. The van der Waals surface area contributed by atoms with Crippen molar-refractivity contribution in [3.05, 3.63) is 229 Å². The number of fused-ring (bicyclic) bond motifs is 3. The Bertz CT molecular complexity index is 2790. The number of rotatable bonds is 9. The zero-order valence-corrected chi connectivity index (χ0v) is 31.0. The molecule has 268 valence electrons. The van der Waals surface area contributed by atoms with Gasteiger partial charge in [0.2, 0.25) is 0 Å². The summed E-state index contributed by atoms with van der Waals surface area (Å²) in [6.07, 6.45) is 10.7. The summed E-state index contributed by atoms with van der Waals surface area (Å²) in [7, 11) is 0.